The van der Waals surface area contributed by atoms with E-state index in [0.717, 1.165) is 23.7 Å². The van der Waals surface area contributed by atoms with Crippen LogP contribution in [0.3, 0.4) is 0 Å². The molecule has 1 unspecified atom stereocenters. The topological polar surface area (TPSA) is 42.2 Å². The summed E-state index contributed by atoms with van der Waals surface area (Å²) < 4.78 is 0. The molecule has 1 aliphatic heterocycles. The van der Waals surface area contributed by atoms with Crippen molar-refractivity contribution in [3.63, 3.8) is 0 Å². The second-order valence-electron chi connectivity index (χ2n) is 5.46. The van der Waals surface area contributed by atoms with E-state index in [-0.39, 0.29) is 0 Å². The number of hydrogen-bond acceptors (Lipinski definition) is 3. The van der Waals surface area contributed by atoms with Crippen LogP contribution in [-0.2, 0) is 0 Å². The van der Waals surface area contributed by atoms with Gasteiger partial charge in [0.05, 0.1) is 11.2 Å². The van der Waals surface area contributed by atoms with E-state index >= 15 is 0 Å². The molecule has 0 radical (unpaired) electrons. The van der Waals surface area contributed by atoms with E-state index < -0.39 is 0 Å². The van der Waals surface area contributed by atoms with Crippen LogP contribution in [0.2, 0.25) is 0 Å². The summed E-state index contributed by atoms with van der Waals surface area (Å²) in [7, 11) is 0. The van der Waals surface area contributed by atoms with Crippen molar-refractivity contribution in [2.75, 3.05) is 23.7 Å². The molecule has 2 N–H and O–H groups in total. The third-order valence-electron chi connectivity index (χ3n) is 4.10. The van der Waals surface area contributed by atoms with Crippen molar-refractivity contribution in [2.45, 2.75) is 26.2 Å². The molecule has 2 aromatic rings. The first-order valence-electron chi connectivity index (χ1n) is 7.17. The summed E-state index contributed by atoms with van der Waals surface area (Å²) in [5, 5.41) is 1.18. The molecule has 1 aliphatic rings. The average molecular weight is 255 g/mol. The standard InChI is InChI=1S/C16H21N3/c1-2-4-12-8-10-19(11-12)15-7-9-18-16-13(15)5-3-6-14(16)17/h3,5-7,9,12H,2,4,8,10-11,17H2,1H3. The molecular formula is C16H21N3. The van der Waals surface area contributed by atoms with E-state index in [1.54, 1.807) is 0 Å². The van der Waals surface area contributed by atoms with Crippen LogP contribution < -0.4 is 10.6 Å². The first-order chi connectivity index (χ1) is 9.29. The lowest BCUT2D eigenvalue weighted by Crippen LogP contribution is -2.20. The zero-order valence-electron chi connectivity index (χ0n) is 11.5. The number of para-hydroxylation sites is 1. The van der Waals surface area contributed by atoms with E-state index in [4.69, 9.17) is 5.73 Å². The maximum absolute atomic E-state index is 6.02. The zero-order chi connectivity index (χ0) is 13.2. The Balaban J connectivity index is 1.96. The van der Waals surface area contributed by atoms with E-state index in [1.165, 1.54) is 36.9 Å². The van der Waals surface area contributed by atoms with Crippen LogP contribution in [0.1, 0.15) is 26.2 Å². The summed E-state index contributed by atoms with van der Waals surface area (Å²) in [6.45, 7) is 4.59. The van der Waals surface area contributed by atoms with Crippen molar-refractivity contribution in [2.24, 2.45) is 5.92 Å². The van der Waals surface area contributed by atoms with Gasteiger partial charge in [-0.15, -0.1) is 0 Å². The van der Waals surface area contributed by atoms with Crippen LogP contribution in [0, 0.1) is 5.92 Å². The van der Waals surface area contributed by atoms with Gasteiger partial charge in [0.2, 0.25) is 0 Å². The largest absolute Gasteiger partial charge is 0.397 e. The predicted molar refractivity (Wildman–Crippen MR) is 81.4 cm³/mol. The highest BCUT2D eigenvalue weighted by Gasteiger charge is 2.23. The number of hydrogen-bond donors (Lipinski definition) is 1. The first kappa shape index (κ1) is 12.3. The van der Waals surface area contributed by atoms with E-state index in [0.29, 0.717) is 0 Å². The van der Waals surface area contributed by atoms with Gasteiger partial charge in [-0.1, -0.05) is 25.5 Å². The van der Waals surface area contributed by atoms with Gasteiger partial charge >= 0.3 is 0 Å². The highest BCUT2D eigenvalue weighted by atomic mass is 15.2. The van der Waals surface area contributed by atoms with Crippen molar-refractivity contribution >= 4 is 22.3 Å². The van der Waals surface area contributed by atoms with Gasteiger partial charge in [0.1, 0.15) is 0 Å². The van der Waals surface area contributed by atoms with Crippen molar-refractivity contribution < 1.29 is 0 Å². The molecule has 0 aliphatic carbocycles. The predicted octanol–water partition coefficient (Wildman–Crippen LogP) is 3.44. The summed E-state index contributed by atoms with van der Waals surface area (Å²) in [5.74, 6) is 0.842. The van der Waals surface area contributed by atoms with E-state index in [2.05, 4.69) is 28.9 Å². The van der Waals surface area contributed by atoms with Crippen LogP contribution >= 0.6 is 0 Å². The Bertz CT molecular complexity index is 579. The number of nitrogen functional groups attached to an aromatic ring is 1. The lowest BCUT2D eigenvalue weighted by atomic mass is 10.0. The lowest BCUT2D eigenvalue weighted by Gasteiger charge is -2.20. The lowest BCUT2D eigenvalue weighted by molar-refractivity contribution is 0.530. The highest BCUT2D eigenvalue weighted by Crippen LogP contribution is 2.32. The van der Waals surface area contributed by atoms with Gasteiger partial charge in [0, 0.05) is 30.4 Å². The molecule has 0 spiro atoms. The van der Waals surface area contributed by atoms with Crippen LogP contribution in [0.4, 0.5) is 11.4 Å². The molecule has 1 aromatic heterocycles. The van der Waals surface area contributed by atoms with Gasteiger partial charge in [-0.25, -0.2) is 0 Å². The molecule has 3 rings (SSSR count). The molecule has 0 amide bonds. The normalized spacial score (nSPS) is 19.2. The van der Waals surface area contributed by atoms with Crippen LogP contribution in [0.25, 0.3) is 10.9 Å². The van der Waals surface area contributed by atoms with Gasteiger partial charge in [-0.05, 0) is 30.9 Å². The van der Waals surface area contributed by atoms with Crippen LogP contribution in [0.15, 0.2) is 30.5 Å². The number of nitrogens with two attached hydrogens (primary N) is 1. The number of benzene rings is 1. The molecule has 2 heterocycles. The summed E-state index contributed by atoms with van der Waals surface area (Å²) in [4.78, 5) is 6.91. The fourth-order valence-electron chi connectivity index (χ4n) is 3.16. The third-order valence-corrected chi connectivity index (χ3v) is 4.10. The number of anilines is 2. The fourth-order valence-corrected chi connectivity index (χ4v) is 3.16. The number of fused-ring (bicyclic) bond motifs is 1. The minimum absolute atomic E-state index is 0.767. The summed E-state index contributed by atoms with van der Waals surface area (Å²) in [6.07, 6.45) is 5.80. The zero-order valence-corrected chi connectivity index (χ0v) is 11.5. The van der Waals surface area contributed by atoms with Gasteiger partial charge in [-0.3, -0.25) is 4.98 Å². The van der Waals surface area contributed by atoms with Crippen molar-refractivity contribution in [1.29, 1.82) is 0 Å². The van der Waals surface area contributed by atoms with Crippen molar-refractivity contribution in [3.8, 4) is 0 Å². The Morgan fingerprint density at radius 3 is 3.11 bits per heavy atom. The number of nitrogens with zero attached hydrogens (tertiary/aromatic N) is 2. The molecule has 1 fully saturated rings. The van der Waals surface area contributed by atoms with Gasteiger partial charge < -0.3 is 10.6 Å². The maximum atomic E-state index is 6.02. The molecule has 1 aromatic carbocycles. The SMILES string of the molecule is CCCC1CCN(c2ccnc3c(N)cccc23)C1. The average Bonchev–Trinajstić information content (AvgIpc) is 2.88. The Labute approximate surface area is 114 Å². The van der Waals surface area contributed by atoms with Gasteiger partial charge in [0.25, 0.3) is 0 Å². The Kier molecular flexibility index (Phi) is 3.28. The quantitative estimate of drug-likeness (QED) is 0.854. The molecule has 19 heavy (non-hydrogen) atoms. The summed E-state index contributed by atoms with van der Waals surface area (Å²) >= 11 is 0. The third kappa shape index (κ3) is 2.25. The molecule has 3 heteroatoms. The van der Waals surface area contributed by atoms with E-state index in [1.807, 2.05) is 18.3 Å². The number of rotatable bonds is 3. The molecule has 1 atom stereocenters. The molecule has 3 nitrogen and oxygen atoms in total. The minimum Gasteiger partial charge on any atom is -0.397 e. The van der Waals surface area contributed by atoms with Crippen LogP contribution in [0.5, 0.6) is 0 Å². The van der Waals surface area contributed by atoms with Gasteiger partial charge in [-0.2, -0.15) is 0 Å². The van der Waals surface area contributed by atoms with Gasteiger partial charge in [0.15, 0.2) is 0 Å². The van der Waals surface area contributed by atoms with Crippen LogP contribution in [-0.4, -0.2) is 18.1 Å². The monoisotopic (exact) mass is 255 g/mol. The smallest absolute Gasteiger partial charge is 0.0951 e. The molecular weight excluding hydrogens is 234 g/mol. The second-order valence-corrected chi connectivity index (χ2v) is 5.46. The summed E-state index contributed by atoms with van der Waals surface area (Å²) in [5.41, 5.74) is 9.00. The molecule has 1 saturated heterocycles. The molecule has 0 bridgehead atoms. The first-order valence-corrected chi connectivity index (χ1v) is 7.17. The number of aromatic nitrogens is 1. The number of pyridine rings is 1. The Morgan fingerprint density at radius 1 is 1.37 bits per heavy atom. The second kappa shape index (κ2) is 5.08. The van der Waals surface area contributed by atoms with E-state index in [9.17, 15) is 0 Å². The fraction of sp³-hybridized carbons (Fsp3) is 0.438. The Hall–Kier alpha value is -1.77. The maximum Gasteiger partial charge on any atom is 0.0951 e. The van der Waals surface area contributed by atoms with Crippen molar-refractivity contribution in [3.05, 3.63) is 30.5 Å². The molecule has 100 valence electrons. The Morgan fingerprint density at radius 2 is 2.26 bits per heavy atom. The molecule has 0 saturated carbocycles. The minimum atomic E-state index is 0.767. The highest BCUT2D eigenvalue weighted by molar-refractivity contribution is 5.98. The summed E-state index contributed by atoms with van der Waals surface area (Å²) in [6, 6.07) is 8.18. The van der Waals surface area contributed by atoms with Crippen molar-refractivity contribution in [1.82, 2.24) is 4.98 Å².